The van der Waals surface area contributed by atoms with Crippen molar-refractivity contribution in [1.82, 2.24) is 4.68 Å². The largest absolute Gasteiger partial charge is 0.319 e. The topological polar surface area (TPSA) is 66.1 Å². The Morgan fingerprint density at radius 2 is 1.91 bits per heavy atom. The van der Waals surface area contributed by atoms with Crippen LogP contribution >= 0.6 is 11.6 Å². The highest BCUT2D eigenvalue weighted by Gasteiger charge is 2.21. The van der Waals surface area contributed by atoms with Crippen molar-refractivity contribution < 1.29 is 8.42 Å². The van der Waals surface area contributed by atoms with Crippen molar-refractivity contribution in [2.24, 2.45) is 0 Å². The number of sulfone groups is 1. The summed E-state index contributed by atoms with van der Waals surface area (Å²) < 4.78 is 26.8. The van der Waals surface area contributed by atoms with E-state index in [0.717, 1.165) is 0 Å². The van der Waals surface area contributed by atoms with Crippen LogP contribution in [0.4, 0.5) is 0 Å². The number of hydrogen-bond donors (Lipinski definition) is 0. The van der Waals surface area contributed by atoms with Crippen molar-refractivity contribution in [3.05, 3.63) is 58.2 Å². The van der Waals surface area contributed by atoms with Gasteiger partial charge >= 0.3 is 0 Å². The quantitative estimate of drug-likeness (QED) is 0.806. The number of hydrogen-bond acceptors (Lipinski definition) is 4. The van der Waals surface area contributed by atoms with E-state index in [-0.39, 0.29) is 9.80 Å². The predicted octanol–water partition coefficient (Wildman–Crippen LogP) is 2.68. The molecule has 0 saturated heterocycles. The summed E-state index contributed by atoms with van der Waals surface area (Å²) in [5.41, 5.74) is 0.596. The molecule has 0 unspecified atom stereocenters. The van der Waals surface area contributed by atoms with Gasteiger partial charge in [0.25, 0.3) is 0 Å². The molecule has 1 aromatic carbocycles. The van der Waals surface area contributed by atoms with E-state index in [4.69, 9.17) is 11.6 Å². The van der Waals surface area contributed by atoms with Gasteiger partial charge in [0, 0.05) is 25.3 Å². The summed E-state index contributed by atoms with van der Waals surface area (Å²) in [5, 5.41) is 11.5. The molecule has 0 atom stereocenters. The highest BCUT2D eigenvalue weighted by molar-refractivity contribution is 7.95. The first-order valence-electron chi connectivity index (χ1n) is 6.33. The Bertz CT molecular complexity index is 844. The highest BCUT2D eigenvalue weighted by Crippen LogP contribution is 2.22. The van der Waals surface area contributed by atoms with Crippen molar-refractivity contribution in [3.63, 3.8) is 0 Å². The molecule has 0 spiro atoms. The Morgan fingerprint density at radius 3 is 2.45 bits per heavy atom. The summed E-state index contributed by atoms with van der Waals surface area (Å²) in [5.74, 6) is 0. The van der Waals surface area contributed by atoms with Crippen LogP contribution in [0.25, 0.3) is 6.08 Å². The fourth-order valence-corrected chi connectivity index (χ4v) is 3.18. The summed E-state index contributed by atoms with van der Waals surface area (Å²) in [6.07, 6.45) is 3.12. The van der Waals surface area contributed by atoms with Gasteiger partial charge in [-0.2, -0.15) is 5.26 Å². The minimum atomic E-state index is -3.88. The van der Waals surface area contributed by atoms with E-state index in [9.17, 15) is 13.7 Å². The minimum Gasteiger partial charge on any atom is -0.319 e. The van der Waals surface area contributed by atoms with Gasteiger partial charge in [0.15, 0.2) is 4.91 Å². The van der Waals surface area contributed by atoms with Crippen LogP contribution in [-0.4, -0.2) is 27.2 Å². The van der Waals surface area contributed by atoms with Crippen LogP contribution < -0.4 is 5.01 Å². The number of allylic oxidation sites excluding steroid dienone is 1. The second kappa shape index (κ2) is 6.26. The third-order valence-corrected chi connectivity index (χ3v) is 4.93. The van der Waals surface area contributed by atoms with Crippen LogP contribution in [0.1, 0.15) is 5.69 Å². The van der Waals surface area contributed by atoms with Gasteiger partial charge in [0.05, 0.1) is 10.6 Å². The monoisotopic (exact) mass is 335 g/mol. The summed E-state index contributed by atoms with van der Waals surface area (Å²) >= 11 is 5.76. The SMILES string of the molecule is CN(C)n1cccc1/C=C(/C#N)S(=O)(=O)c1ccc(Cl)cc1. The number of benzene rings is 1. The maximum atomic E-state index is 12.5. The summed E-state index contributed by atoms with van der Waals surface area (Å²) in [7, 11) is -0.244. The van der Waals surface area contributed by atoms with E-state index >= 15 is 0 Å². The smallest absolute Gasteiger partial charge is 0.216 e. The highest BCUT2D eigenvalue weighted by atomic mass is 35.5. The molecular formula is C15H14ClN3O2S. The van der Waals surface area contributed by atoms with Gasteiger partial charge in [-0.3, -0.25) is 4.68 Å². The molecule has 1 aromatic heterocycles. The lowest BCUT2D eigenvalue weighted by molar-refractivity contribution is 0.603. The summed E-state index contributed by atoms with van der Waals surface area (Å²) in [6, 6.07) is 11.0. The minimum absolute atomic E-state index is 0.0349. The van der Waals surface area contributed by atoms with E-state index in [2.05, 4.69) is 0 Å². The normalized spacial score (nSPS) is 12.0. The Hall–Kier alpha value is -2.23. The van der Waals surface area contributed by atoms with Gasteiger partial charge in [0.2, 0.25) is 9.84 Å². The van der Waals surface area contributed by atoms with Crippen LogP contribution in [0.3, 0.4) is 0 Å². The zero-order valence-corrected chi connectivity index (χ0v) is 13.6. The van der Waals surface area contributed by atoms with Crippen molar-refractivity contribution in [1.29, 1.82) is 5.26 Å². The molecule has 0 aliphatic rings. The fourth-order valence-electron chi connectivity index (χ4n) is 1.91. The molecule has 5 nitrogen and oxygen atoms in total. The van der Waals surface area contributed by atoms with Crippen LogP contribution in [0.5, 0.6) is 0 Å². The first kappa shape index (κ1) is 16.1. The summed E-state index contributed by atoms with van der Waals surface area (Å²) in [4.78, 5) is -0.288. The van der Waals surface area contributed by atoms with Gasteiger partial charge in [-0.05, 0) is 42.5 Å². The lowest BCUT2D eigenvalue weighted by Gasteiger charge is -2.16. The van der Waals surface area contributed by atoms with E-state index in [1.807, 2.05) is 14.1 Å². The van der Waals surface area contributed by atoms with Crippen LogP contribution in [0.2, 0.25) is 5.02 Å². The van der Waals surface area contributed by atoms with Crippen molar-refractivity contribution >= 4 is 27.5 Å². The number of nitrogens with zero attached hydrogens (tertiary/aromatic N) is 3. The molecule has 0 saturated carbocycles. The van der Waals surface area contributed by atoms with E-state index in [1.165, 1.54) is 30.3 Å². The van der Waals surface area contributed by atoms with Gasteiger partial charge in [-0.1, -0.05) is 11.6 Å². The molecule has 0 aliphatic carbocycles. The molecule has 0 aliphatic heterocycles. The average Bonchev–Trinajstić information content (AvgIpc) is 2.93. The van der Waals surface area contributed by atoms with Gasteiger partial charge < -0.3 is 5.01 Å². The molecule has 0 fully saturated rings. The third kappa shape index (κ3) is 3.16. The Labute approximate surface area is 134 Å². The first-order valence-corrected chi connectivity index (χ1v) is 8.20. The standard InChI is InChI=1S/C15H14ClN3O2S/c1-18(2)19-9-3-4-13(19)10-15(11-17)22(20,21)14-7-5-12(16)6-8-14/h3-10H,1-2H3/b15-10-. The van der Waals surface area contributed by atoms with Gasteiger partial charge in [-0.15, -0.1) is 0 Å². The molecule has 0 radical (unpaired) electrons. The molecule has 0 bridgehead atoms. The van der Waals surface area contributed by atoms with Gasteiger partial charge in [0.1, 0.15) is 6.07 Å². The zero-order valence-electron chi connectivity index (χ0n) is 12.1. The second-order valence-electron chi connectivity index (χ2n) is 4.70. The lowest BCUT2D eigenvalue weighted by Crippen LogP contribution is -2.24. The van der Waals surface area contributed by atoms with Crippen LogP contribution in [-0.2, 0) is 9.84 Å². The second-order valence-corrected chi connectivity index (χ2v) is 7.06. The van der Waals surface area contributed by atoms with E-state index in [0.29, 0.717) is 10.7 Å². The third-order valence-electron chi connectivity index (χ3n) is 2.99. The van der Waals surface area contributed by atoms with Crippen LogP contribution in [0.15, 0.2) is 52.4 Å². The summed E-state index contributed by atoms with van der Waals surface area (Å²) in [6.45, 7) is 0. The number of nitriles is 1. The Balaban J connectivity index is 2.52. The first-order chi connectivity index (χ1) is 10.4. The van der Waals surface area contributed by atoms with Crippen molar-refractivity contribution in [3.8, 4) is 6.07 Å². The van der Waals surface area contributed by atoms with E-state index in [1.54, 1.807) is 34.1 Å². The lowest BCUT2D eigenvalue weighted by atomic mass is 10.4. The number of rotatable bonds is 4. The molecule has 2 rings (SSSR count). The van der Waals surface area contributed by atoms with Crippen molar-refractivity contribution in [2.45, 2.75) is 4.90 Å². The Kier molecular flexibility index (Phi) is 4.59. The Morgan fingerprint density at radius 1 is 1.27 bits per heavy atom. The van der Waals surface area contributed by atoms with Crippen LogP contribution in [0, 0.1) is 11.3 Å². The fraction of sp³-hybridized carbons (Fsp3) is 0.133. The number of aromatic nitrogens is 1. The molecule has 22 heavy (non-hydrogen) atoms. The molecule has 0 N–H and O–H groups in total. The molecule has 2 aromatic rings. The van der Waals surface area contributed by atoms with E-state index < -0.39 is 9.84 Å². The van der Waals surface area contributed by atoms with Gasteiger partial charge in [-0.25, -0.2) is 8.42 Å². The maximum absolute atomic E-state index is 12.5. The predicted molar refractivity (Wildman–Crippen MR) is 86.7 cm³/mol. The molecular weight excluding hydrogens is 322 g/mol. The molecule has 1 heterocycles. The molecule has 7 heteroatoms. The average molecular weight is 336 g/mol. The molecule has 0 amide bonds. The molecule has 114 valence electrons. The zero-order chi connectivity index (χ0) is 16.3. The van der Waals surface area contributed by atoms with Crippen molar-refractivity contribution in [2.75, 3.05) is 19.1 Å². The maximum Gasteiger partial charge on any atom is 0.216 e. The number of halogens is 1.